The van der Waals surface area contributed by atoms with Gasteiger partial charge in [-0.3, -0.25) is 19.3 Å². The van der Waals surface area contributed by atoms with E-state index in [1.54, 1.807) is 47.0 Å². The third kappa shape index (κ3) is 6.10. The minimum absolute atomic E-state index is 0.109. The number of hydrogen-bond acceptors (Lipinski definition) is 6. The number of nitrogens with zero attached hydrogens (tertiary/aromatic N) is 3. The van der Waals surface area contributed by atoms with Gasteiger partial charge in [0, 0.05) is 41.2 Å². The lowest BCUT2D eigenvalue weighted by Crippen LogP contribution is -2.45. The van der Waals surface area contributed by atoms with Crippen molar-refractivity contribution in [3.8, 4) is 5.75 Å². The van der Waals surface area contributed by atoms with Gasteiger partial charge in [0.25, 0.3) is 11.8 Å². The molecule has 0 aromatic heterocycles. The maximum Gasteiger partial charge on any atom is 0.264 e. The first kappa shape index (κ1) is 36.6. The summed E-state index contributed by atoms with van der Waals surface area (Å²) >= 11 is 0. The van der Waals surface area contributed by atoms with E-state index in [9.17, 15) is 14.7 Å². The quantitative estimate of drug-likeness (QED) is 0.109. The molecule has 3 aliphatic heterocycles. The van der Waals surface area contributed by atoms with Crippen LogP contribution in [-0.4, -0.2) is 62.5 Å². The average molecular weight is 758 g/mol. The normalized spacial score (nSPS) is 21.5. The molecular formula is C44H44FN3O6Si. The van der Waals surface area contributed by atoms with Gasteiger partial charge in [-0.25, -0.2) is 0 Å². The number of anilines is 3. The number of aliphatic hydroxyl groups excluding tert-OH is 1. The fourth-order valence-corrected chi connectivity index (χ4v) is 11.7. The van der Waals surface area contributed by atoms with Gasteiger partial charge in [0.1, 0.15) is 5.75 Å². The molecule has 4 atom stereocenters. The van der Waals surface area contributed by atoms with E-state index in [0.29, 0.717) is 28.3 Å². The number of benzene rings is 5. The van der Waals surface area contributed by atoms with Gasteiger partial charge in [-0.1, -0.05) is 73.7 Å². The molecule has 1 fully saturated rings. The molecule has 3 aliphatic rings. The SMILES string of the molecule is COc1ccc2c(c1)[C@]1(O[C@@H](CC(=O)N(CCO)Cc3ccccc3)[C@H]([Si](C)(C)F)[C@H]1C)C(=O)N2Cc1cccc(N2C(=O)c3cccc4cccc2c34)c1. The summed E-state index contributed by atoms with van der Waals surface area (Å²) in [5.74, 6) is -0.825. The van der Waals surface area contributed by atoms with Crippen LogP contribution >= 0.6 is 0 Å². The van der Waals surface area contributed by atoms with E-state index >= 15 is 8.90 Å². The Morgan fingerprint density at radius 3 is 2.38 bits per heavy atom. The van der Waals surface area contributed by atoms with Crippen LogP contribution in [0.15, 0.2) is 109 Å². The van der Waals surface area contributed by atoms with Crippen LogP contribution in [0.5, 0.6) is 5.75 Å². The first-order chi connectivity index (χ1) is 26.5. The molecule has 5 aromatic carbocycles. The second-order valence-corrected chi connectivity index (χ2v) is 19.1. The van der Waals surface area contributed by atoms with Crippen LogP contribution in [0, 0.1) is 5.92 Å². The highest BCUT2D eigenvalue weighted by atomic mass is 28.4. The fraction of sp³-hybridized carbons (Fsp3) is 0.295. The number of halogens is 1. The number of aliphatic hydroxyl groups is 1. The van der Waals surface area contributed by atoms with Crippen LogP contribution < -0.4 is 14.5 Å². The molecule has 0 saturated carbocycles. The van der Waals surface area contributed by atoms with Gasteiger partial charge < -0.3 is 28.5 Å². The summed E-state index contributed by atoms with van der Waals surface area (Å²) in [5, 5.41) is 11.8. The second kappa shape index (κ2) is 14.0. The van der Waals surface area contributed by atoms with Crippen LogP contribution in [0.4, 0.5) is 21.2 Å². The van der Waals surface area contributed by atoms with E-state index in [2.05, 4.69) is 0 Å². The van der Waals surface area contributed by atoms with E-state index in [1.807, 2.05) is 104 Å². The number of amides is 3. The maximum absolute atomic E-state index is 16.6. The summed E-state index contributed by atoms with van der Waals surface area (Å²) < 4.78 is 29.1. The Morgan fingerprint density at radius 1 is 0.927 bits per heavy atom. The maximum atomic E-state index is 16.6. The third-order valence-electron chi connectivity index (χ3n) is 11.5. The van der Waals surface area contributed by atoms with Crippen LogP contribution in [-0.2, 0) is 33.0 Å². The van der Waals surface area contributed by atoms with Crippen molar-refractivity contribution < 1.29 is 33.1 Å². The van der Waals surface area contributed by atoms with Gasteiger partial charge in [-0.15, -0.1) is 0 Å². The summed E-state index contributed by atoms with van der Waals surface area (Å²) in [7, 11) is -2.02. The molecule has 1 saturated heterocycles. The van der Waals surface area contributed by atoms with Gasteiger partial charge >= 0.3 is 0 Å². The van der Waals surface area contributed by atoms with Crippen molar-refractivity contribution in [2.75, 3.05) is 30.1 Å². The molecule has 5 aromatic rings. The highest BCUT2D eigenvalue weighted by Gasteiger charge is 2.67. The average Bonchev–Trinajstić information content (AvgIpc) is 3.73. The standard InChI is InChI=1S/C44H44FN3O6Si/c1-28-41(55(3,4)45)38(25-39(50)46(21-22-49)26-29-11-6-5-7-12-29)54-44(28)35-24-33(53-2)19-20-36(35)47(43(44)52)27-30-13-8-16-32(23-30)48-37-18-10-15-31-14-9-17-34(40(31)37)42(48)51/h5-20,23-24,28,38,41,49H,21-22,25-27H2,1-4H3/t28-,38+,41-,44+/m1/s1. The van der Waals surface area contributed by atoms with Gasteiger partial charge in [0.15, 0.2) is 5.60 Å². The van der Waals surface area contributed by atoms with Gasteiger partial charge in [-0.05, 0) is 72.1 Å². The number of methoxy groups -OCH3 is 1. The molecule has 11 heteroatoms. The molecule has 0 radical (unpaired) electrons. The highest BCUT2D eigenvalue weighted by molar-refractivity contribution is 6.72. The first-order valence-electron chi connectivity index (χ1n) is 18.7. The predicted molar refractivity (Wildman–Crippen MR) is 213 cm³/mol. The smallest absolute Gasteiger partial charge is 0.264 e. The Balaban J connectivity index is 1.13. The van der Waals surface area contributed by atoms with Crippen molar-refractivity contribution in [1.29, 1.82) is 0 Å². The van der Waals surface area contributed by atoms with Crippen molar-refractivity contribution in [2.24, 2.45) is 5.92 Å². The lowest BCUT2D eigenvalue weighted by atomic mass is 9.82. The van der Waals surface area contributed by atoms with Crippen LogP contribution in [0.2, 0.25) is 18.6 Å². The van der Waals surface area contributed by atoms with Crippen molar-refractivity contribution in [3.05, 3.63) is 131 Å². The highest BCUT2D eigenvalue weighted by Crippen LogP contribution is 2.61. The Kier molecular flexibility index (Phi) is 9.35. The minimum Gasteiger partial charge on any atom is -0.497 e. The lowest BCUT2D eigenvalue weighted by Gasteiger charge is -2.31. The predicted octanol–water partition coefficient (Wildman–Crippen LogP) is 7.87. The largest absolute Gasteiger partial charge is 0.497 e. The third-order valence-corrected chi connectivity index (χ3v) is 14.0. The molecule has 1 spiro atoms. The molecule has 3 heterocycles. The summed E-state index contributed by atoms with van der Waals surface area (Å²) in [6.45, 7) is 5.40. The summed E-state index contributed by atoms with van der Waals surface area (Å²) in [6.07, 6.45) is -1.03. The summed E-state index contributed by atoms with van der Waals surface area (Å²) in [6, 6.07) is 34.1. The second-order valence-electron chi connectivity index (χ2n) is 15.3. The number of fused-ring (bicyclic) bond motifs is 2. The molecule has 282 valence electrons. The van der Waals surface area contributed by atoms with Crippen LogP contribution in [0.25, 0.3) is 10.8 Å². The molecule has 9 nitrogen and oxygen atoms in total. The number of ether oxygens (including phenoxy) is 2. The number of hydrogen-bond donors (Lipinski definition) is 1. The Hall–Kier alpha value is -5.36. The monoisotopic (exact) mass is 757 g/mol. The van der Waals surface area contributed by atoms with Crippen molar-refractivity contribution in [1.82, 2.24) is 4.90 Å². The molecule has 55 heavy (non-hydrogen) atoms. The van der Waals surface area contributed by atoms with Crippen molar-refractivity contribution in [2.45, 2.75) is 56.8 Å². The zero-order valence-electron chi connectivity index (χ0n) is 31.4. The Labute approximate surface area is 321 Å². The van der Waals surface area contributed by atoms with E-state index < -0.39 is 31.6 Å². The van der Waals surface area contributed by atoms with Gasteiger partial charge in [0.2, 0.25) is 14.3 Å². The lowest BCUT2D eigenvalue weighted by molar-refractivity contribution is -0.150. The molecule has 0 unspecified atom stereocenters. The first-order valence-corrected chi connectivity index (χ1v) is 21.7. The molecule has 0 aliphatic carbocycles. The molecule has 3 amide bonds. The van der Waals surface area contributed by atoms with Crippen molar-refractivity contribution >= 4 is 54.0 Å². The van der Waals surface area contributed by atoms with E-state index in [-0.39, 0.29) is 50.4 Å². The zero-order valence-corrected chi connectivity index (χ0v) is 32.4. The Morgan fingerprint density at radius 2 is 1.65 bits per heavy atom. The number of rotatable bonds is 11. The molecule has 8 rings (SSSR count). The number of carbonyl (C=O) groups excluding carboxylic acids is 3. The van der Waals surface area contributed by atoms with E-state index in [1.165, 1.54) is 0 Å². The Bertz CT molecular complexity index is 2310. The molecular weight excluding hydrogens is 714 g/mol. The van der Waals surface area contributed by atoms with Gasteiger partial charge in [-0.2, -0.15) is 0 Å². The fourth-order valence-electron chi connectivity index (χ4n) is 9.18. The van der Waals surface area contributed by atoms with Gasteiger partial charge in [0.05, 0.1) is 49.7 Å². The minimum atomic E-state index is -3.57. The van der Waals surface area contributed by atoms with Crippen molar-refractivity contribution in [3.63, 3.8) is 0 Å². The summed E-state index contributed by atoms with van der Waals surface area (Å²) in [5.41, 5.74) is 2.75. The zero-order chi connectivity index (χ0) is 38.6. The van der Waals surface area contributed by atoms with E-state index in [4.69, 9.17) is 9.47 Å². The summed E-state index contributed by atoms with van der Waals surface area (Å²) in [4.78, 5) is 47.8. The molecule has 0 bridgehead atoms. The van der Waals surface area contributed by atoms with E-state index in [0.717, 1.165) is 27.6 Å². The van der Waals surface area contributed by atoms with Crippen LogP contribution in [0.1, 0.15) is 40.4 Å². The number of carbonyl (C=O) groups is 3. The topological polar surface area (TPSA) is 99.6 Å². The van der Waals surface area contributed by atoms with Crippen LogP contribution in [0.3, 0.4) is 0 Å². The molecule has 1 N–H and O–H groups in total.